The molecule has 3 aromatic heterocycles. The summed E-state index contributed by atoms with van der Waals surface area (Å²) in [7, 11) is 0. The van der Waals surface area contributed by atoms with Crippen LogP contribution in [0.3, 0.4) is 0 Å². The minimum absolute atomic E-state index is 0.150. The topological polar surface area (TPSA) is 98.8 Å². The van der Waals surface area contributed by atoms with Gasteiger partial charge in [0.15, 0.2) is 0 Å². The van der Waals surface area contributed by atoms with Gasteiger partial charge in [0.2, 0.25) is 0 Å². The summed E-state index contributed by atoms with van der Waals surface area (Å²) in [6.07, 6.45) is 7.77. The van der Waals surface area contributed by atoms with E-state index >= 15 is 0 Å². The maximum absolute atomic E-state index is 12.8. The van der Waals surface area contributed by atoms with Crippen LogP contribution in [0.2, 0.25) is 0 Å². The molecule has 1 fully saturated rings. The van der Waals surface area contributed by atoms with Crippen LogP contribution in [0.15, 0.2) is 46.4 Å². The van der Waals surface area contributed by atoms with E-state index < -0.39 is 11.1 Å². The van der Waals surface area contributed by atoms with Crippen molar-refractivity contribution >= 4 is 0 Å². The highest BCUT2D eigenvalue weighted by atomic mass is 16.2. The van der Waals surface area contributed by atoms with E-state index in [1.54, 1.807) is 17.0 Å². The molecule has 0 saturated carbocycles. The minimum atomic E-state index is -0.601. The monoisotopic (exact) mass is 419 g/mol. The second-order valence-corrected chi connectivity index (χ2v) is 8.52. The normalized spacial score (nSPS) is 17.7. The zero-order valence-corrected chi connectivity index (χ0v) is 17.6. The molecule has 0 aliphatic carbocycles. The lowest BCUT2D eigenvalue weighted by molar-refractivity contribution is 0.147. The van der Waals surface area contributed by atoms with Crippen LogP contribution in [-0.2, 0) is 25.0 Å². The number of piperidine rings is 1. The maximum atomic E-state index is 12.8. The second-order valence-electron chi connectivity index (χ2n) is 8.52. The van der Waals surface area contributed by atoms with E-state index in [0.29, 0.717) is 12.2 Å². The third-order valence-electron chi connectivity index (χ3n) is 6.49. The molecule has 0 unspecified atom stereocenters. The number of aryl methyl sites for hydroxylation is 1. The van der Waals surface area contributed by atoms with Gasteiger partial charge in [0.05, 0.1) is 29.8 Å². The molecule has 2 aliphatic heterocycles. The molecule has 9 heteroatoms. The molecule has 0 amide bonds. The molecule has 1 spiro atoms. The average Bonchev–Trinajstić information content (AvgIpc) is 3.14. The van der Waals surface area contributed by atoms with Crippen molar-refractivity contribution in [2.24, 2.45) is 0 Å². The van der Waals surface area contributed by atoms with Crippen LogP contribution in [0.5, 0.6) is 0 Å². The van der Waals surface area contributed by atoms with Crippen molar-refractivity contribution in [1.82, 2.24) is 34.2 Å². The summed E-state index contributed by atoms with van der Waals surface area (Å²) in [5.41, 5.74) is 1.23. The van der Waals surface area contributed by atoms with Gasteiger partial charge in [-0.05, 0) is 51.4 Å². The number of pyridine rings is 1. The molecule has 31 heavy (non-hydrogen) atoms. The highest BCUT2D eigenvalue weighted by molar-refractivity contribution is 5.16. The van der Waals surface area contributed by atoms with E-state index in [1.807, 2.05) is 31.3 Å². The van der Waals surface area contributed by atoms with Gasteiger partial charge in [-0.25, -0.2) is 4.68 Å². The molecule has 0 aromatic carbocycles. The quantitative estimate of drug-likeness (QED) is 0.579. The molecule has 160 valence electrons. The molecule has 2 aliphatic rings. The zero-order valence-electron chi connectivity index (χ0n) is 17.6. The van der Waals surface area contributed by atoms with Crippen molar-refractivity contribution in [3.63, 3.8) is 0 Å². The molecule has 0 atom stereocenters. The van der Waals surface area contributed by atoms with Gasteiger partial charge in [-0.3, -0.25) is 34.0 Å². The van der Waals surface area contributed by atoms with Gasteiger partial charge in [0, 0.05) is 30.9 Å². The van der Waals surface area contributed by atoms with E-state index in [1.165, 1.54) is 4.68 Å². The van der Waals surface area contributed by atoms with Crippen LogP contribution in [0, 0.1) is 6.92 Å². The predicted molar refractivity (Wildman–Crippen MR) is 114 cm³/mol. The second kappa shape index (κ2) is 7.81. The standard InChI is InChI=1S/C22H25N7O2/c1-16-12-25-18(13-24-16)15-29-20(31)19(30)28-11-7-22(21(28)26-29)5-9-27(10-6-22)14-17-4-2-3-8-23-17/h2-4,8,12-13H,5-7,9-11,14-15H2,1H3. The average molecular weight is 419 g/mol. The van der Waals surface area contributed by atoms with Crippen LogP contribution in [0.25, 0.3) is 0 Å². The minimum Gasteiger partial charge on any atom is -0.297 e. The SMILES string of the molecule is Cc1cnc(Cn2nc3n(c(=O)c2=O)CCC32CCN(Cc3ccccn3)CC2)cn1. The molecule has 5 heterocycles. The first-order valence-corrected chi connectivity index (χ1v) is 10.7. The van der Waals surface area contributed by atoms with Crippen LogP contribution >= 0.6 is 0 Å². The van der Waals surface area contributed by atoms with Crippen molar-refractivity contribution in [2.75, 3.05) is 13.1 Å². The number of hydrogen-bond acceptors (Lipinski definition) is 7. The Balaban J connectivity index is 1.39. The van der Waals surface area contributed by atoms with Crippen LogP contribution in [-0.4, -0.2) is 47.3 Å². The maximum Gasteiger partial charge on any atom is 0.332 e. The third-order valence-corrected chi connectivity index (χ3v) is 6.49. The number of fused-ring (bicyclic) bond motifs is 2. The largest absolute Gasteiger partial charge is 0.332 e. The van der Waals surface area contributed by atoms with Crippen LogP contribution in [0.1, 0.15) is 42.2 Å². The zero-order chi connectivity index (χ0) is 21.4. The number of likely N-dealkylation sites (tertiary alicyclic amines) is 1. The Labute approximate surface area is 179 Å². The molecule has 5 rings (SSSR count). The van der Waals surface area contributed by atoms with Crippen molar-refractivity contribution in [2.45, 2.75) is 51.2 Å². The number of nitrogens with zero attached hydrogens (tertiary/aromatic N) is 7. The smallest absolute Gasteiger partial charge is 0.297 e. The van der Waals surface area contributed by atoms with E-state index in [-0.39, 0.29) is 12.0 Å². The van der Waals surface area contributed by atoms with Crippen LogP contribution < -0.4 is 11.1 Å². The lowest BCUT2D eigenvalue weighted by Gasteiger charge is -2.38. The van der Waals surface area contributed by atoms with Crippen molar-refractivity contribution < 1.29 is 0 Å². The molecule has 1 saturated heterocycles. The number of rotatable bonds is 4. The predicted octanol–water partition coefficient (Wildman–Crippen LogP) is 0.884. The highest BCUT2D eigenvalue weighted by Gasteiger charge is 2.44. The Bertz CT molecular complexity index is 1190. The Kier molecular flexibility index (Phi) is 4.97. The Morgan fingerprint density at radius 2 is 1.71 bits per heavy atom. The first-order chi connectivity index (χ1) is 15.0. The molecular weight excluding hydrogens is 394 g/mol. The van der Waals surface area contributed by atoms with Crippen LogP contribution in [0.4, 0.5) is 0 Å². The Morgan fingerprint density at radius 3 is 2.42 bits per heavy atom. The Morgan fingerprint density at radius 1 is 0.903 bits per heavy atom. The molecule has 0 radical (unpaired) electrons. The fraction of sp³-hybridized carbons (Fsp3) is 0.455. The molecule has 0 bridgehead atoms. The lowest BCUT2D eigenvalue weighted by Crippen LogP contribution is -2.47. The van der Waals surface area contributed by atoms with Gasteiger partial charge < -0.3 is 0 Å². The summed E-state index contributed by atoms with van der Waals surface area (Å²) < 4.78 is 2.86. The summed E-state index contributed by atoms with van der Waals surface area (Å²) in [5, 5.41) is 4.69. The summed E-state index contributed by atoms with van der Waals surface area (Å²) >= 11 is 0. The van der Waals surface area contributed by atoms with Gasteiger partial charge in [0.1, 0.15) is 5.82 Å². The third kappa shape index (κ3) is 3.69. The van der Waals surface area contributed by atoms with Gasteiger partial charge in [-0.2, -0.15) is 5.10 Å². The van der Waals surface area contributed by atoms with Crippen molar-refractivity contribution in [3.8, 4) is 0 Å². The van der Waals surface area contributed by atoms with Gasteiger partial charge in [-0.1, -0.05) is 6.07 Å². The summed E-state index contributed by atoms with van der Waals surface area (Å²) in [5.74, 6) is 0.745. The van der Waals surface area contributed by atoms with E-state index in [2.05, 4.69) is 25.0 Å². The van der Waals surface area contributed by atoms with Gasteiger partial charge in [0.25, 0.3) is 0 Å². The van der Waals surface area contributed by atoms with E-state index in [4.69, 9.17) is 0 Å². The Hall–Kier alpha value is -3.20. The van der Waals surface area contributed by atoms with Gasteiger partial charge in [-0.15, -0.1) is 0 Å². The lowest BCUT2D eigenvalue weighted by atomic mass is 9.76. The summed E-state index contributed by atoms with van der Waals surface area (Å²) in [6, 6.07) is 5.98. The first-order valence-electron chi connectivity index (χ1n) is 10.7. The molecule has 3 aromatic rings. The molecular formula is C22H25N7O2. The van der Waals surface area contributed by atoms with Crippen molar-refractivity contribution in [3.05, 3.63) is 80.4 Å². The number of hydrogen-bond donors (Lipinski definition) is 0. The summed E-state index contributed by atoms with van der Waals surface area (Å²) in [6.45, 7) is 5.21. The van der Waals surface area contributed by atoms with E-state index in [0.717, 1.165) is 56.1 Å². The highest BCUT2D eigenvalue weighted by Crippen LogP contribution is 2.41. The first kappa shape index (κ1) is 19.7. The van der Waals surface area contributed by atoms with Gasteiger partial charge >= 0.3 is 11.1 Å². The van der Waals surface area contributed by atoms with E-state index in [9.17, 15) is 9.59 Å². The van der Waals surface area contributed by atoms with Crippen molar-refractivity contribution in [1.29, 1.82) is 0 Å². The fourth-order valence-corrected chi connectivity index (χ4v) is 4.67. The number of aromatic nitrogens is 6. The molecule has 9 nitrogen and oxygen atoms in total. The molecule has 0 N–H and O–H groups in total. The summed E-state index contributed by atoms with van der Waals surface area (Å²) in [4.78, 5) is 40.8. The fourth-order valence-electron chi connectivity index (χ4n) is 4.67.